The first-order valence-electron chi connectivity index (χ1n) is 10.1. The monoisotopic (exact) mass is 447 g/mol. The van der Waals surface area contributed by atoms with Gasteiger partial charge in [-0.3, -0.25) is 9.10 Å². The van der Waals surface area contributed by atoms with Crippen LogP contribution in [0.2, 0.25) is 0 Å². The molecule has 0 spiro atoms. The van der Waals surface area contributed by atoms with Crippen LogP contribution in [0.15, 0.2) is 71.6 Å². The van der Waals surface area contributed by atoms with Crippen LogP contribution in [0.1, 0.15) is 22.3 Å². The second-order valence-electron chi connectivity index (χ2n) is 7.69. The molecule has 3 rings (SSSR count). The Labute approximate surface area is 189 Å². The number of carbonyl (C=O) groups is 1. The summed E-state index contributed by atoms with van der Waals surface area (Å²) in [5, 5.41) is 11.5. The lowest BCUT2D eigenvalue weighted by Gasteiger charge is -2.26. The van der Waals surface area contributed by atoms with Crippen molar-refractivity contribution in [1.82, 2.24) is 0 Å². The number of nitrogens with one attached hydrogen (secondary N) is 1. The van der Waals surface area contributed by atoms with Gasteiger partial charge < -0.3 is 5.32 Å². The highest BCUT2D eigenvalue weighted by molar-refractivity contribution is 7.92. The normalized spacial score (nSPS) is 10.9. The number of nitrogens with zero attached hydrogens (tertiary/aromatic N) is 2. The minimum atomic E-state index is -3.97. The van der Waals surface area contributed by atoms with E-state index in [9.17, 15) is 13.2 Å². The van der Waals surface area contributed by atoms with Crippen molar-refractivity contribution in [1.29, 1.82) is 5.26 Å². The van der Waals surface area contributed by atoms with E-state index in [1.54, 1.807) is 54.6 Å². The maximum atomic E-state index is 13.5. The lowest BCUT2D eigenvalue weighted by Crippen LogP contribution is -2.38. The maximum absolute atomic E-state index is 13.5. The number of sulfonamides is 1. The van der Waals surface area contributed by atoms with Gasteiger partial charge in [-0.05, 0) is 62.2 Å². The van der Waals surface area contributed by atoms with Gasteiger partial charge >= 0.3 is 0 Å². The number of hydrogen-bond acceptors (Lipinski definition) is 4. The summed E-state index contributed by atoms with van der Waals surface area (Å²) in [6.07, 6.45) is 0.281. The summed E-state index contributed by atoms with van der Waals surface area (Å²) in [5.74, 6) is -0.464. The number of rotatable bonds is 7. The predicted octanol–water partition coefficient (Wildman–Crippen LogP) is 4.51. The number of anilines is 2. The van der Waals surface area contributed by atoms with Crippen molar-refractivity contribution in [3.8, 4) is 6.07 Å². The van der Waals surface area contributed by atoms with E-state index in [-0.39, 0.29) is 17.9 Å². The largest absolute Gasteiger partial charge is 0.325 e. The van der Waals surface area contributed by atoms with Gasteiger partial charge in [0.1, 0.15) is 6.54 Å². The number of benzene rings is 3. The highest BCUT2D eigenvalue weighted by Gasteiger charge is 2.28. The van der Waals surface area contributed by atoms with Crippen molar-refractivity contribution in [2.45, 2.75) is 32.1 Å². The molecule has 0 aliphatic heterocycles. The van der Waals surface area contributed by atoms with Gasteiger partial charge in [0, 0.05) is 5.69 Å². The van der Waals surface area contributed by atoms with Gasteiger partial charge in [0.2, 0.25) is 5.91 Å². The molecular weight excluding hydrogens is 422 g/mol. The summed E-state index contributed by atoms with van der Waals surface area (Å²) in [7, 11) is -3.97. The molecule has 0 fully saturated rings. The molecule has 6 nitrogen and oxygen atoms in total. The van der Waals surface area contributed by atoms with Crippen LogP contribution in [-0.4, -0.2) is 20.9 Å². The highest BCUT2D eigenvalue weighted by atomic mass is 32.2. The van der Waals surface area contributed by atoms with Gasteiger partial charge in [-0.25, -0.2) is 8.42 Å². The van der Waals surface area contributed by atoms with Crippen molar-refractivity contribution >= 4 is 27.3 Å². The van der Waals surface area contributed by atoms with E-state index in [1.165, 1.54) is 0 Å². The lowest BCUT2D eigenvalue weighted by atomic mass is 10.1. The average molecular weight is 448 g/mol. The van der Waals surface area contributed by atoms with Gasteiger partial charge in [-0.2, -0.15) is 5.26 Å². The van der Waals surface area contributed by atoms with E-state index in [1.807, 2.05) is 32.9 Å². The Morgan fingerprint density at radius 1 is 0.938 bits per heavy atom. The van der Waals surface area contributed by atoms with E-state index in [2.05, 4.69) is 11.4 Å². The smallest absolute Gasteiger partial charge is 0.264 e. The fraction of sp³-hybridized carbons (Fsp3) is 0.200. The topological polar surface area (TPSA) is 90.3 Å². The molecule has 0 unspecified atom stereocenters. The van der Waals surface area contributed by atoms with Gasteiger partial charge in [-0.15, -0.1) is 0 Å². The molecule has 1 N–H and O–H groups in total. The first-order valence-corrected chi connectivity index (χ1v) is 11.6. The Hall–Kier alpha value is -3.63. The molecule has 7 heteroatoms. The second kappa shape index (κ2) is 9.67. The molecule has 0 aromatic heterocycles. The van der Waals surface area contributed by atoms with Crippen molar-refractivity contribution in [2.24, 2.45) is 0 Å². The SMILES string of the molecule is Cc1ccc(S(=O)(=O)N(CC(=O)Nc2ccc(CC#N)cc2)c2ccc(C)cc2C)cc1. The molecule has 164 valence electrons. The molecule has 0 atom stereocenters. The summed E-state index contributed by atoms with van der Waals surface area (Å²) in [6.45, 7) is 5.26. The van der Waals surface area contributed by atoms with Gasteiger partial charge in [-0.1, -0.05) is 47.5 Å². The van der Waals surface area contributed by atoms with E-state index in [4.69, 9.17) is 5.26 Å². The number of aryl methyl sites for hydroxylation is 3. The standard InChI is InChI=1S/C25H25N3O3S/c1-18-4-11-23(12-5-18)32(30,31)28(24-13-6-19(2)16-20(24)3)17-25(29)27-22-9-7-21(8-10-22)14-15-26/h4-13,16H,14,17H2,1-3H3,(H,27,29). The van der Waals surface area contributed by atoms with Crippen molar-refractivity contribution in [3.05, 3.63) is 89.0 Å². The van der Waals surface area contributed by atoms with Crippen molar-refractivity contribution in [3.63, 3.8) is 0 Å². The number of nitriles is 1. The summed E-state index contributed by atoms with van der Waals surface area (Å²) in [5.41, 5.74) is 4.53. The number of hydrogen-bond donors (Lipinski definition) is 1. The van der Waals surface area contributed by atoms with Crippen LogP contribution < -0.4 is 9.62 Å². The molecule has 0 saturated carbocycles. The van der Waals surface area contributed by atoms with Crippen LogP contribution in [0.3, 0.4) is 0 Å². The molecule has 0 aliphatic rings. The van der Waals surface area contributed by atoms with Crippen molar-refractivity contribution < 1.29 is 13.2 Å². The molecule has 32 heavy (non-hydrogen) atoms. The lowest BCUT2D eigenvalue weighted by molar-refractivity contribution is -0.114. The molecule has 0 bridgehead atoms. The zero-order chi connectivity index (χ0) is 23.3. The van der Waals surface area contributed by atoms with Crippen LogP contribution in [0.5, 0.6) is 0 Å². The molecule has 3 aromatic rings. The number of amides is 1. The number of carbonyl (C=O) groups excluding carboxylic acids is 1. The predicted molar refractivity (Wildman–Crippen MR) is 126 cm³/mol. The third-order valence-electron chi connectivity index (χ3n) is 5.04. The molecular formula is C25H25N3O3S. The van der Waals surface area contributed by atoms with E-state index < -0.39 is 15.9 Å². The van der Waals surface area contributed by atoms with E-state index in [0.717, 1.165) is 26.6 Å². The van der Waals surface area contributed by atoms with Crippen LogP contribution in [-0.2, 0) is 21.2 Å². The Morgan fingerprint density at radius 2 is 1.56 bits per heavy atom. The summed E-state index contributed by atoms with van der Waals surface area (Å²) in [4.78, 5) is 13.0. The fourth-order valence-corrected chi connectivity index (χ4v) is 4.84. The molecule has 3 aromatic carbocycles. The van der Waals surface area contributed by atoms with Gasteiger partial charge in [0.05, 0.1) is 23.1 Å². The quantitative estimate of drug-likeness (QED) is 0.577. The Kier molecular flexibility index (Phi) is 6.96. The minimum Gasteiger partial charge on any atom is -0.325 e. The summed E-state index contributed by atoms with van der Waals surface area (Å²) in [6, 6.07) is 21.0. The zero-order valence-electron chi connectivity index (χ0n) is 18.3. The Balaban J connectivity index is 1.93. The molecule has 0 aliphatic carbocycles. The Morgan fingerprint density at radius 3 is 2.16 bits per heavy atom. The molecule has 0 heterocycles. The summed E-state index contributed by atoms with van der Waals surface area (Å²) >= 11 is 0. The molecule has 1 amide bonds. The third kappa shape index (κ3) is 5.34. The van der Waals surface area contributed by atoms with E-state index >= 15 is 0 Å². The third-order valence-corrected chi connectivity index (χ3v) is 6.81. The van der Waals surface area contributed by atoms with Crippen LogP contribution >= 0.6 is 0 Å². The van der Waals surface area contributed by atoms with Crippen LogP contribution in [0.25, 0.3) is 0 Å². The summed E-state index contributed by atoms with van der Waals surface area (Å²) < 4.78 is 28.1. The molecule has 0 radical (unpaired) electrons. The highest BCUT2D eigenvalue weighted by Crippen LogP contribution is 2.28. The zero-order valence-corrected chi connectivity index (χ0v) is 19.1. The first kappa shape index (κ1) is 23.0. The van der Waals surface area contributed by atoms with Crippen LogP contribution in [0, 0.1) is 32.1 Å². The fourth-order valence-electron chi connectivity index (χ4n) is 3.35. The first-order chi connectivity index (χ1) is 15.2. The molecule has 0 saturated heterocycles. The van der Waals surface area contributed by atoms with Crippen LogP contribution in [0.4, 0.5) is 11.4 Å². The van der Waals surface area contributed by atoms with Crippen molar-refractivity contribution in [2.75, 3.05) is 16.2 Å². The average Bonchev–Trinajstić information content (AvgIpc) is 2.74. The Bertz CT molecular complexity index is 1260. The minimum absolute atomic E-state index is 0.122. The van der Waals surface area contributed by atoms with Gasteiger partial charge in [0.15, 0.2) is 0 Å². The van der Waals surface area contributed by atoms with Gasteiger partial charge in [0.25, 0.3) is 10.0 Å². The maximum Gasteiger partial charge on any atom is 0.264 e. The van der Waals surface area contributed by atoms with E-state index in [0.29, 0.717) is 11.4 Å². The second-order valence-corrected chi connectivity index (χ2v) is 9.56.